The summed E-state index contributed by atoms with van der Waals surface area (Å²) >= 11 is 0. The molecule has 0 aliphatic carbocycles. The average molecular weight is 298 g/mol. The molecule has 0 aromatic carbocycles. The molecule has 0 saturated heterocycles. The quantitative estimate of drug-likeness (QED) is 0.233. The molecule has 0 spiro atoms. The Balaban J connectivity index is 3.25. The summed E-state index contributed by atoms with van der Waals surface area (Å²) in [6, 6.07) is 0. The van der Waals surface area contributed by atoms with Crippen LogP contribution in [0.1, 0.15) is 71.1 Å². The van der Waals surface area contributed by atoms with Gasteiger partial charge in [-0.2, -0.15) is 17.6 Å². The Labute approximate surface area is 119 Å². The first-order chi connectivity index (χ1) is 9.48. The van der Waals surface area contributed by atoms with Gasteiger partial charge in [-0.05, 0) is 6.42 Å². The maximum atomic E-state index is 12.3. The third-order valence-electron chi connectivity index (χ3n) is 3.07. The molecule has 0 aliphatic heterocycles. The Morgan fingerprint density at radius 1 is 0.850 bits per heavy atom. The van der Waals surface area contributed by atoms with E-state index in [9.17, 15) is 17.6 Å². The van der Waals surface area contributed by atoms with Crippen molar-refractivity contribution >= 4 is 0 Å². The summed E-state index contributed by atoms with van der Waals surface area (Å²) in [6.07, 6.45) is 6.65. The first-order valence-electron chi connectivity index (χ1n) is 7.53. The lowest BCUT2D eigenvalue weighted by Gasteiger charge is -2.04. The Bertz CT molecular complexity index is 249. The van der Waals surface area contributed by atoms with Crippen LogP contribution in [0.15, 0.2) is 12.1 Å². The fraction of sp³-hybridized carbons (Fsp3) is 0.867. The Hall–Kier alpha value is -0.740. The fourth-order valence-corrected chi connectivity index (χ4v) is 1.87. The number of unbranched alkanes of at least 4 members (excludes halogenated alkanes) is 9. The van der Waals surface area contributed by atoms with Crippen molar-refractivity contribution in [3.05, 3.63) is 12.1 Å². The van der Waals surface area contributed by atoms with Gasteiger partial charge in [0.05, 0.1) is 6.61 Å². The number of alkyl halides is 3. The molecule has 0 amide bonds. The molecule has 0 fully saturated rings. The van der Waals surface area contributed by atoms with E-state index in [-0.39, 0.29) is 12.9 Å². The van der Waals surface area contributed by atoms with Crippen molar-refractivity contribution in [1.29, 1.82) is 0 Å². The molecule has 0 aliphatic rings. The number of allylic oxidation sites excluding steroid dienone is 1. The largest absolute Gasteiger partial charge is 0.498 e. The first kappa shape index (κ1) is 19.3. The van der Waals surface area contributed by atoms with Gasteiger partial charge in [0, 0.05) is 0 Å². The van der Waals surface area contributed by atoms with Gasteiger partial charge in [-0.1, -0.05) is 64.7 Å². The number of ether oxygens (including phenoxy) is 1. The predicted molar refractivity (Wildman–Crippen MR) is 73.0 cm³/mol. The van der Waals surface area contributed by atoms with E-state index in [1.54, 1.807) is 0 Å². The van der Waals surface area contributed by atoms with Crippen molar-refractivity contribution in [2.24, 2.45) is 0 Å². The molecule has 1 nitrogen and oxygen atoms in total. The van der Waals surface area contributed by atoms with Gasteiger partial charge in [-0.15, -0.1) is 0 Å². The number of hydrogen-bond acceptors (Lipinski definition) is 1. The van der Waals surface area contributed by atoms with Crippen LogP contribution in [0, 0.1) is 0 Å². The molecule has 0 saturated carbocycles. The van der Waals surface area contributed by atoms with Crippen LogP contribution in [-0.2, 0) is 4.74 Å². The average Bonchev–Trinajstić information content (AvgIpc) is 2.38. The fourth-order valence-electron chi connectivity index (χ4n) is 1.87. The summed E-state index contributed by atoms with van der Waals surface area (Å²) in [7, 11) is 0. The Kier molecular flexibility index (Phi) is 11.6. The van der Waals surface area contributed by atoms with Crippen molar-refractivity contribution in [3.8, 4) is 0 Å². The van der Waals surface area contributed by atoms with Gasteiger partial charge in [0.25, 0.3) is 0 Å². The van der Waals surface area contributed by atoms with E-state index in [0.29, 0.717) is 6.42 Å². The number of rotatable bonds is 12. The van der Waals surface area contributed by atoms with Crippen molar-refractivity contribution in [1.82, 2.24) is 0 Å². The standard InChI is InChI=1S/C15H26F4O/c1-2-3-4-5-6-7-8-9-10-11-12-20-13-14(16)15(17,18)19/h13H,2-12H2,1H3/b14-13-. The van der Waals surface area contributed by atoms with Crippen LogP contribution in [0.3, 0.4) is 0 Å². The highest BCUT2D eigenvalue weighted by molar-refractivity contribution is 4.93. The van der Waals surface area contributed by atoms with Crippen LogP contribution in [0.5, 0.6) is 0 Å². The van der Waals surface area contributed by atoms with Gasteiger partial charge in [-0.3, -0.25) is 0 Å². The number of halogens is 4. The Morgan fingerprint density at radius 2 is 1.30 bits per heavy atom. The zero-order chi connectivity index (χ0) is 15.3. The lowest BCUT2D eigenvalue weighted by atomic mass is 10.1. The van der Waals surface area contributed by atoms with Crippen LogP contribution in [-0.4, -0.2) is 12.8 Å². The van der Waals surface area contributed by atoms with Gasteiger partial charge in [0.2, 0.25) is 5.83 Å². The van der Waals surface area contributed by atoms with Crippen LogP contribution >= 0.6 is 0 Å². The van der Waals surface area contributed by atoms with Crippen molar-refractivity contribution < 1.29 is 22.3 Å². The summed E-state index contributed by atoms with van der Waals surface area (Å²) in [5, 5.41) is 0. The minimum absolute atomic E-state index is 0.139. The lowest BCUT2D eigenvalue weighted by Crippen LogP contribution is -2.08. The molecule has 0 atom stereocenters. The van der Waals surface area contributed by atoms with Gasteiger partial charge in [0.1, 0.15) is 6.26 Å². The van der Waals surface area contributed by atoms with Crippen LogP contribution in [0.4, 0.5) is 17.6 Å². The highest BCUT2D eigenvalue weighted by atomic mass is 19.4. The normalized spacial score (nSPS) is 12.8. The van der Waals surface area contributed by atoms with Crippen molar-refractivity contribution in [3.63, 3.8) is 0 Å². The van der Waals surface area contributed by atoms with E-state index < -0.39 is 12.0 Å². The van der Waals surface area contributed by atoms with Crippen molar-refractivity contribution in [2.75, 3.05) is 6.61 Å². The monoisotopic (exact) mass is 298 g/mol. The van der Waals surface area contributed by atoms with Crippen LogP contribution in [0.25, 0.3) is 0 Å². The lowest BCUT2D eigenvalue weighted by molar-refractivity contribution is -0.111. The molecule has 5 heteroatoms. The van der Waals surface area contributed by atoms with Gasteiger partial charge >= 0.3 is 6.18 Å². The summed E-state index contributed by atoms with van der Waals surface area (Å²) < 4.78 is 52.1. The molecule has 0 rings (SSSR count). The second-order valence-electron chi connectivity index (χ2n) is 5.02. The van der Waals surface area contributed by atoms with Crippen LogP contribution in [0.2, 0.25) is 0 Å². The second kappa shape index (κ2) is 12.0. The minimum Gasteiger partial charge on any atom is -0.498 e. The summed E-state index contributed by atoms with van der Waals surface area (Å²) in [5.74, 6) is -2.18. The van der Waals surface area contributed by atoms with E-state index in [4.69, 9.17) is 0 Å². The van der Waals surface area contributed by atoms with Gasteiger partial charge < -0.3 is 4.74 Å². The third kappa shape index (κ3) is 12.3. The smallest absolute Gasteiger partial charge is 0.446 e. The topological polar surface area (TPSA) is 9.23 Å². The molecular formula is C15H26F4O. The van der Waals surface area contributed by atoms with E-state index in [1.165, 1.54) is 38.5 Å². The van der Waals surface area contributed by atoms with E-state index >= 15 is 0 Å². The maximum absolute atomic E-state index is 12.3. The summed E-state index contributed by atoms with van der Waals surface area (Å²) in [4.78, 5) is 0. The van der Waals surface area contributed by atoms with E-state index in [2.05, 4.69) is 11.7 Å². The van der Waals surface area contributed by atoms with E-state index in [1.807, 2.05) is 0 Å². The number of hydrogen-bond donors (Lipinski definition) is 0. The SMILES string of the molecule is CCCCCCCCCCCCO/C=C(\F)C(F)(F)F. The first-order valence-corrected chi connectivity index (χ1v) is 7.53. The Morgan fingerprint density at radius 3 is 1.75 bits per heavy atom. The molecule has 0 unspecified atom stereocenters. The molecular weight excluding hydrogens is 272 g/mol. The van der Waals surface area contributed by atoms with Crippen molar-refractivity contribution in [2.45, 2.75) is 77.3 Å². The van der Waals surface area contributed by atoms with Gasteiger partial charge in [0.15, 0.2) is 0 Å². The minimum atomic E-state index is -4.93. The highest BCUT2D eigenvalue weighted by Crippen LogP contribution is 2.26. The third-order valence-corrected chi connectivity index (χ3v) is 3.07. The zero-order valence-electron chi connectivity index (χ0n) is 12.3. The highest BCUT2D eigenvalue weighted by Gasteiger charge is 2.35. The summed E-state index contributed by atoms with van der Waals surface area (Å²) in [5.41, 5.74) is 0. The molecule has 0 aromatic heterocycles. The van der Waals surface area contributed by atoms with Crippen LogP contribution < -0.4 is 0 Å². The molecule has 0 heterocycles. The molecule has 120 valence electrons. The molecule has 0 aromatic rings. The van der Waals surface area contributed by atoms with E-state index in [0.717, 1.165) is 19.3 Å². The maximum Gasteiger partial charge on any atom is 0.446 e. The second-order valence-corrected chi connectivity index (χ2v) is 5.02. The molecule has 0 N–H and O–H groups in total. The van der Waals surface area contributed by atoms with Gasteiger partial charge in [-0.25, -0.2) is 0 Å². The molecule has 0 bridgehead atoms. The molecule has 0 radical (unpaired) electrons. The zero-order valence-corrected chi connectivity index (χ0v) is 12.3. The predicted octanol–water partition coefficient (Wildman–Crippen LogP) is 6.30. The molecule has 20 heavy (non-hydrogen) atoms. The summed E-state index contributed by atoms with van der Waals surface area (Å²) in [6.45, 7) is 2.33.